The summed E-state index contributed by atoms with van der Waals surface area (Å²) in [6.07, 6.45) is 5.35. The lowest BCUT2D eigenvalue weighted by Crippen LogP contribution is -2.39. The molecule has 1 aliphatic carbocycles. The smallest absolute Gasteiger partial charge is 0.0407 e. The minimum absolute atomic E-state index is 0.497. The predicted molar refractivity (Wildman–Crippen MR) is 83.3 cm³/mol. The third-order valence-corrected chi connectivity index (χ3v) is 5.21. The van der Waals surface area contributed by atoms with Crippen LogP contribution in [-0.4, -0.2) is 13.1 Å². The first-order valence-electron chi connectivity index (χ1n) is 6.89. The molecule has 1 nitrogen and oxygen atoms in total. The molecule has 18 heavy (non-hydrogen) atoms. The van der Waals surface area contributed by atoms with E-state index in [1.807, 2.05) is 0 Å². The molecule has 1 aliphatic rings. The van der Waals surface area contributed by atoms with E-state index >= 15 is 0 Å². The lowest BCUT2D eigenvalue weighted by Gasteiger charge is -2.41. The molecule has 2 heteroatoms. The van der Waals surface area contributed by atoms with Crippen LogP contribution in [0, 0.1) is 12.3 Å². The Hall–Kier alpha value is -0.500. The van der Waals surface area contributed by atoms with Gasteiger partial charge in [0.15, 0.2) is 0 Å². The average molecular weight is 310 g/mol. The Morgan fingerprint density at radius 1 is 1.33 bits per heavy atom. The standard InChI is InChI=1S/C16H24BrN/c1-12-14(17)8-5-9-15(12)18(4)13-7-6-10-16(2,3)11-13/h5,8-9,13H,6-7,10-11H2,1-4H3. The highest BCUT2D eigenvalue weighted by Gasteiger charge is 2.30. The molecule has 1 aromatic carbocycles. The largest absolute Gasteiger partial charge is 0.371 e. The number of hydrogen-bond donors (Lipinski definition) is 0. The zero-order valence-corrected chi connectivity index (χ0v) is 13.5. The maximum Gasteiger partial charge on any atom is 0.0407 e. The molecule has 0 radical (unpaired) electrons. The van der Waals surface area contributed by atoms with Gasteiger partial charge in [-0.3, -0.25) is 0 Å². The van der Waals surface area contributed by atoms with Gasteiger partial charge in [-0.25, -0.2) is 0 Å². The predicted octanol–water partition coefficient (Wildman–Crippen LogP) is 5.16. The molecular weight excluding hydrogens is 286 g/mol. The molecule has 0 aliphatic heterocycles. The van der Waals surface area contributed by atoms with E-state index in [9.17, 15) is 0 Å². The highest BCUT2D eigenvalue weighted by atomic mass is 79.9. The Balaban J connectivity index is 2.20. The van der Waals surface area contributed by atoms with Gasteiger partial charge in [0, 0.05) is 23.2 Å². The molecule has 0 bridgehead atoms. The molecule has 0 amide bonds. The van der Waals surface area contributed by atoms with Crippen molar-refractivity contribution in [3.05, 3.63) is 28.2 Å². The monoisotopic (exact) mass is 309 g/mol. The van der Waals surface area contributed by atoms with Crippen LogP contribution < -0.4 is 4.90 Å². The summed E-state index contributed by atoms with van der Waals surface area (Å²) in [6, 6.07) is 7.18. The lowest BCUT2D eigenvalue weighted by atomic mass is 9.74. The van der Waals surface area contributed by atoms with Crippen LogP contribution in [0.1, 0.15) is 45.1 Å². The summed E-state index contributed by atoms with van der Waals surface area (Å²) in [5.41, 5.74) is 3.22. The molecule has 1 unspecified atom stereocenters. The summed E-state index contributed by atoms with van der Waals surface area (Å²) in [5, 5.41) is 0. The molecule has 1 aromatic rings. The minimum Gasteiger partial charge on any atom is -0.371 e. The van der Waals surface area contributed by atoms with Crippen molar-refractivity contribution in [2.75, 3.05) is 11.9 Å². The Kier molecular flexibility index (Phi) is 4.05. The number of hydrogen-bond acceptors (Lipinski definition) is 1. The first kappa shape index (κ1) is 13.9. The van der Waals surface area contributed by atoms with Crippen molar-refractivity contribution < 1.29 is 0 Å². The normalized spacial score (nSPS) is 22.8. The Labute approximate surface area is 120 Å². The number of anilines is 1. The number of nitrogens with zero attached hydrogens (tertiary/aromatic N) is 1. The topological polar surface area (TPSA) is 3.24 Å². The molecule has 0 N–H and O–H groups in total. The molecule has 0 spiro atoms. The summed E-state index contributed by atoms with van der Waals surface area (Å²) in [6.45, 7) is 7.01. The van der Waals surface area contributed by atoms with E-state index in [1.54, 1.807) is 0 Å². The number of benzene rings is 1. The summed E-state index contributed by atoms with van der Waals surface area (Å²) in [5.74, 6) is 0. The maximum absolute atomic E-state index is 3.63. The fourth-order valence-corrected chi connectivity index (χ4v) is 3.52. The van der Waals surface area contributed by atoms with Gasteiger partial charge in [0.25, 0.3) is 0 Å². The van der Waals surface area contributed by atoms with Crippen molar-refractivity contribution in [2.45, 2.75) is 52.5 Å². The third kappa shape index (κ3) is 2.90. The van der Waals surface area contributed by atoms with Crippen LogP contribution in [0.5, 0.6) is 0 Å². The van der Waals surface area contributed by atoms with Gasteiger partial charge in [0.2, 0.25) is 0 Å². The SMILES string of the molecule is Cc1c(Br)cccc1N(C)C1CCCC(C)(C)C1. The summed E-state index contributed by atoms with van der Waals surface area (Å²) in [7, 11) is 2.25. The van der Waals surface area contributed by atoms with Gasteiger partial charge in [-0.15, -0.1) is 0 Å². The van der Waals surface area contributed by atoms with E-state index in [0.29, 0.717) is 11.5 Å². The van der Waals surface area contributed by atoms with E-state index in [0.717, 1.165) is 0 Å². The van der Waals surface area contributed by atoms with E-state index in [1.165, 1.54) is 41.4 Å². The minimum atomic E-state index is 0.497. The fraction of sp³-hybridized carbons (Fsp3) is 0.625. The van der Waals surface area contributed by atoms with Gasteiger partial charge in [-0.05, 0) is 49.3 Å². The van der Waals surface area contributed by atoms with E-state index in [4.69, 9.17) is 0 Å². The molecule has 100 valence electrons. The van der Waals surface area contributed by atoms with Crippen LogP contribution in [0.15, 0.2) is 22.7 Å². The molecule has 0 saturated heterocycles. The second-order valence-corrected chi connectivity index (χ2v) is 7.26. The molecular formula is C16H24BrN. The van der Waals surface area contributed by atoms with Gasteiger partial charge in [0.1, 0.15) is 0 Å². The summed E-state index contributed by atoms with van der Waals surface area (Å²) < 4.78 is 1.21. The zero-order chi connectivity index (χ0) is 13.3. The van der Waals surface area contributed by atoms with Crippen molar-refractivity contribution >= 4 is 21.6 Å². The van der Waals surface area contributed by atoms with Crippen LogP contribution in [0.2, 0.25) is 0 Å². The van der Waals surface area contributed by atoms with Gasteiger partial charge < -0.3 is 4.90 Å². The van der Waals surface area contributed by atoms with Gasteiger partial charge in [0.05, 0.1) is 0 Å². The van der Waals surface area contributed by atoms with Crippen LogP contribution in [-0.2, 0) is 0 Å². The molecule has 1 saturated carbocycles. The second kappa shape index (κ2) is 5.24. The van der Waals surface area contributed by atoms with Gasteiger partial charge in [-0.1, -0.05) is 42.3 Å². The zero-order valence-electron chi connectivity index (χ0n) is 12.0. The van der Waals surface area contributed by atoms with Crippen molar-refractivity contribution in [1.29, 1.82) is 0 Å². The van der Waals surface area contributed by atoms with Gasteiger partial charge in [-0.2, -0.15) is 0 Å². The van der Waals surface area contributed by atoms with E-state index < -0.39 is 0 Å². The summed E-state index contributed by atoms with van der Waals surface area (Å²) in [4.78, 5) is 2.49. The first-order chi connectivity index (χ1) is 8.41. The van der Waals surface area contributed by atoms with Crippen LogP contribution >= 0.6 is 15.9 Å². The Bertz CT molecular complexity index is 425. The third-order valence-electron chi connectivity index (χ3n) is 4.35. The molecule has 0 heterocycles. The number of rotatable bonds is 2. The Morgan fingerprint density at radius 2 is 2.06 bits per heavy atom. The molecule has 1 fully saturated rings. The van der Waals surface area contributed by atoms with Crippen molar-refractivity contribution in [3.63, 3.8) is 0 Å². The highest BCUT2D eigenvalue weighted by molar-refractivity contribution is 9.10. The fourth-order valence-electron chi connectivity index (χ4n) is 3.16. The quantitative estimate of drug-likeness (QED) is 0.729. The first-order valence-corrected chi connectivity index (χ1v) is 7.68. The molecule has 2 rings (SSSR count). The van der Waals surface area contributed by atoms with Crippen molar-refractivity contribution in [3.8, 4) is 0 Å². The lowest BCUT2D eigenvalue weighted by molar-refractivity contribution is 0.217. The summed E-state index contributed by atoms with van der Waals surface area (Å²) >= 11 is 3.63. The van der Waals surface area contributed by atoms with Crippen LogP contribution in [0.4, 0.5) is 5.69 Å². The van der Waals surface area contributed by atoms with E-state index in [2.05, 4.69) is 66.8 Å². The van der Waals surface area contributed by atoms with Crippen molar-refractivity contribution in [1.82, 2.24) is 0 Å². The second-order valence-electron chi connectivity index (χ2n) is 6.41. The Morgan fingerprint density at radius 3 is 2.72 bits per heavy atom. The van der Waals surface area contributed by atoms with Gasteiger partial charge >= 0.3 is 0 Å². The molecule has 1 atom stereocenters. The number of halogens is 1. The maximum atomic E-state index is 3.63. The van der Waals surface area contributed by atoms with Crippen molar-refractivity contribution in [2.24, 2.45) is 5.41 Å². The highest BCUT2D eigenvalue weighted by Crippen LogP contribution is 2.39. The van der Waals surface area contributed by atoms with Crippen LogP contribution in [0.25, 0.3) is 0 Å². The molecule has 0 aromatic heterocycles. The van der Waals surface area contributed by atoms with E-state index in [-0.39, 0.29) is 0 Å². The average Bonchev–Trinajstić information content (AvgIpc) is 2.30. The van der Waals surface area contributed by atoms with Crippen LogP contribution in [0.3, 0.4) is 0 Å².